The van der Waals surface area contributed by atoms with E-state index in [0.717, 1.165) is 14.2 Å². The van der Waals surface area contributed by atoms with Crippen LogP contribution < -0.4 is 0 Å². The molecule has 7 atom stereocenters. The number of ketones is 1. The average Bonchev–Trinajstić information content (AvgIpc) is 3.11. The van der Waals surface area contributed by atoms with Crippen molar-refractivity contribution in [2.45, 2.75) is 43.4 Å². The van der Waals surface area contributed by atoms with Gasteiger partial charge in [-0.05, 0) is 0 Å². The number of esters is 2. The normalized spacial score (nSPS) is 19.1. The lowest BCUT2D eigenvalue weighted by Gasteiger charge is -2.23. The summed E-state index contributed by atoms with van der Waals surface area (Å²) < 4.78 is 18.1. The molecule has 0 aliphatic carbocycles. The maximum absolute atomic E-state index is 11.2. The minimum Gasteiger partial charge on any atom is -0.502 e. The molecule has 42 heavy (non-hydrogen) atoms. The molecule has 244 valence electrons. The highest BCUT2D eigenvalue weighted by atomic mass is 16.5. The first kappa shape index (κ1) is 40.7. The third-order valence-electron chi connectivity index (χ3n) is 5.34. The molecule has 0 saturated heterocycles. The highest BCUT2D eigenvalue weighted by Gasteiger charge is 2.35. The second-order valence-electron chi connectivity index (χ2n) is 8.32. The van der Waals surface area contributed by atoms with Crippen molar-refractivity contribution in [1.29, 1.82) is 0 Å². The van der Waals surface area contributed by atoms with Crippen molar-refractivity contribution in [3.05, 3.63) is 11.5 Å². The Balaban J connectivity index is 0. The van der Waals surface area contributed by atoms with Crippen LogP contribution in [0.4, 0.5) is 0 Å². The zero-order chi connectivity index (χ0) is 33.2. The molecule has 1 heterocycles. The Kier molecular flexibility index (Phi) is 20.6. The molecule has 1 rings (SSSR count). The molecule has 10 N–H and O–H groups in total. The summed E-state index contributed by atoms with van der Waals surface area (Å²) in [6.07, 6.45) is -9.46. The van der Waals surface area contributed by atoms with Gasteiger partial charge in [0.2, 0.25) is 5.78 Å². The van der Waals surface area contributed by atoms with Crippen molar-refractivity contribution in [3.8, 4) is 0 Å². The average molecular weight is 619 g/mol. The number of rotatable bonds is 13. The van der Waals surface area contributed by atoms with E-state index in [4.69, 9.17) is 50.3 Å². The number of hydrogen-bond donors (Lipinski definition) is 10. The molecule has 0 radical (unpaired) electrons. The lowest BCUT2D eigenvalue weighted by molar-refractivity contribution is -0.167. The van der Waals surface area contributed by atoms with Gasteiger partial charge in [0.05, 0.1) is 71.9 Å². The summed E-state index contributed by atoms with van der Waals surface area (Å²) in [5, 5.41) is 89.0. The van der Waals surface area contributed by atoms with Crippen LogP contribution in [0.15, 0.2) is 11.5 Å². The summed E-state index contributed by atoms with van der Waals surface area (Å²) in [7, 11) is 3.39. The van der Waals surface area contributed by atoms with Crippen molar-refractivity contribution >= 4 is 29.7 Å². The molecule has 0 fully saturated rings. The number of aliphatic carboxylic acids is 2. The Morgan fingerprint density at radius 1 is 0.905 bits per heavy atom. The van der Waals surface area contributed by atoms with Crippen LogP contribution in [0.5, 0.6) is 0 Å². The van der Waals surface area contributed by atoms with Crippen molar-refractivity contribution in [2.75, 3.05) is 47.8 Å². The quantitative estimate of drug-likeness (QED) is 0.0866. The fourth-order valence-corrected chi connectivity index (χ4v) is 2.92. The van der Waals surface area contributed by atoms with Gasteiger partial charge in [-0.3, -0.25) is 19.2 Å². The highest BCUT2D eigenvalue weighted by Crippen LogP contribution is 2.23. The Hall–Kier alpha value is -3.43. The molecule has 19 heteroatoms. The Labute approximate surface area is 238 Å². The second kappa shape index (κ2) is 21.3. The number of carboxylic acid groups (broad SMARTS) is 2. The van der Waals surface area contributed by atoms with Gasteiger partial charge >= 0.3 is 23.9 Å². The van der Waals surface area contributed by atoms with Crippen molar-refractivity contribution in [1.82, 2.24) is 0 Å². The minimum atomic E-state index is -1.96. The molecular weight excluding hydrogens is 580 g/mol. The first-order chi connectivity index (χ1) is 19.5. The molecule has 0 saturated carbocycles. The number of carboxylic acids is 2. The van der Waals surface area contributed by atoms with Gasteiger partial charge in [0.15, 0.2) is 11.9 Å². The van der Waals surface area contributed by atoms with E-state index in [-0.39, 0.29) is 19.0 Å². The van der Waals surface area contributed by atoms with Crippen LogP contribution in [0.25, 0.3) is 0 Å². The number of ether oxygens (including phenoxy) is 4. The fourth-order valence-electron chi connectivity index (χ4n) is 2.92. The maximum Gasteiger partial charge on any atom is 0.337 e. The molecule has 1 aliphatic rings. The standard InChI is InChI=1S/C9H14O6.C7H14O7.C7H10O6/c1-14-9-5(6(11)2-10)3-15-4-7(12)8(9)13;1-14-7(13)6(12)5(11)4(10)3(9)2-8;1-13-6(10)3-4(7(11)12)2-5(8)9/h5-6,10-11,13H,2-4H2,1H3;3-6,8-12H,2H2,1H3;4H,2-3H2,1H3,(H,8,9)(H,11,12). The number of aliphatic hydroxyl groups excluding tert-OH is 8. The van der Waals surface area contributed by atoms with Crippen LogP contribution in [0.1, 0.15) is 12.8 Å². The molecule has 0 aromatic rings. The number of methoxy groups -OCH3 is 3. The summed E-state index contributed by atoms with van der Waals surface area (Å²) >= 11 is 0. The van der Waals surface area contributed by atoms with Gasteiger partial charge in [-0.2, -0.15) is 0 Å². The van der Waals surface area contributed by atoms with E-state index in [2.05, 4.69) is 9.47 Å². The third-order valence-corrected chi connectivity index (χ3v) is 5.34. The molecular formula is C23H38O19. The van der Waals surface area contributed by atoms with E-state index in [9.17, 15) is 34.2 Å². The number of hydrogen-bond acceptors (Lipinski definition) is 17. The van der Waals surface area contributed by atoms with Crippen molar-refractivity contribution < 1.29 is 94.0 Å². The predicted octanol–water partition coefficient (Wildman–Crippen LogP) is -4.71. The van der Waals surface area contributed by atoms with Gasteiger partial charge in [0, 0.05) is 0 Å². The molecule has 0 bridgehead atoms. The zero-order valence-corrected chi connectivity index (χ0v) is 22.9. The smallest absolute Gasteiger partial charge is 0.337 e. The van der Waals surface area contributed by atoms with Gasteiger partial charge in [0.25, 0.3) is 0 Å². The van der Waals surface area contributed by atoms with E-state index < -0.39 is 104 Å². The van der Waals surface area contributed by atoms with E-state index in [1.54, 1.807) is 0 Å². The number of carbonyl (C=O) groups excluding carboxylic acids is 3. The Morgan fingerprint density at radius 3 is 1.88 bits per heavy atom. The van der Waals surface area contributed by atoms with E-state index in [1.165, 1.54) is 7.11 Å². The second-order valence-corrected chi connectivity index (χ2v) is 8.32. The first-order valence-corrected chi connectivity index (χ1v) is 11.8. The van der Waals surface area contributed by atoms with Crippen LogP contribution in [-0.2, 0) is 42.9 Å². The molecule has 19 nitrogen and oxygen atoms in total. The fraction of sp³-hybridized carbons (Fsp3) is 0.696. The summed E-state index contributed by atoms with van der Waals surface area (Å²) in [5.41, 5.74) is 0. The van der Waals surface area contributed by atoms with Crippen LogP contribution in [0, 0.1) is 11.8 Å². The third kappa shape index (κ3) is 14.5. The van der Waals surface area contributed by atoms with Crippen LogP contribution >= 0.6 is 0 Å². The van der Waals surface area contributed by atoms with Gasteiger partial charge in [0.1, 0.15) is 30.7 Å². The van der Waals surface area contributed by atoms with Crippen LogP contribution in [0.2, 0.25) is 0 Å². The van der Waals surface area contributed by atoms with Gasteiger partial charge in [-0.15, -0.1) is 0 Å². The van der Waals surface area contributed by atoms with E-state index in [1.807, 2.05) is 0 Å². The van der Waals surface area contributed by atoms with E-state index >= 15 is 0 Å². The summed E-state index contributed by atoms with van der Waals surface area (Å²) in [6.45, 7) is -1.54. The molecule has 7 unspecified atom stereocenters. The zero-order valence-electron chi connectivity index (χ0n) is 22.9. The van der Waals surface area contributed by atoms with Gasteiger partial charge in [-0.25, -0.2) is 4.79 Å². The first-order valence-electron chi connectivity index (χ1n) is 11.8. The summed E-state index contributed by atoms with van der Waals surface area (Å²) in [6, 6.07) is 0. The largest absolute Gasteiger partial charge is 0.502 e. The van der Waals surface area contributed by atoms with Crippen LogP contribution in [0.3, 0.4) is 0 Å². The van der Waals surface area contributed by atoms with Crippen molar-refractivity contribution in [3.63, 3.8) is 0 Å². The number of Topliss-reactive ketones (excluding diaryl/α,β-unsaturated/α-hetero) is 1. The molecule has 1 aliphatic heterocycles. The monoisotopic (exact) mass is 618 g/mol. The molecule has 0 amide bonds. The summed E-state index contributed by atoms with van der Waals surface area (Å²) in [4.78, 5) is 53.1. The number of carbonyl (C=O) groups is 5. The van der Waals surface area contributed by atoms with Gasteiger partial charge in [-0.1, -0.05) is 0 Å². The van der Waals surface area contributed by atoms with Crippen LogP contribution in [-0.4, -0.2) is 159 Å². The number of aliphatic hydroxyl groups is 8. The molecule has 0 spiro atoms. The maximum atomic E-state index is 11.2. The summed E-state index contributed by atoms with van der Waals surface area (Å²) in [5.74, 6) is -7.57. The lowest BCUT2D eigenvalue weighted by Crippen LogP contribution is -2.48. The highest BCUT2D eigenvalue weighted by molar-refractivity contribution is 5.94. The SMILES string of the molecule is COC(=O)C(O)C(O)C(O)C(O)CO.COC(=O)CC(CC(=O)O)C(=O)O.COC1=C(O)C(=O)COCC1C(O)CO. The minimum absolute atomic E-state index is 0.0146. The molecule has 0 aromatic heterocycles. The van der Waals surface area contributed by atoms with E-state index in [0.29, 0.717) is 0 Å². The predicted molar refractivity (Wildman–Crippen MR) is 132 cm³/mol. The Morgan fingerprint density at radius 2 is 1.48 bits per heavy atom. The Bertz CT molecular complexity index is 902. The lowest BCUT2D eigenvalue weighted by atomic mass is 10.0. The van der Waals surface area contributed by atoms with Crippen molar-refractivity contribution in [2.24, 2.45) is 11.8 Å². The molecule has 0 aromatic carbocycles. The topological polar surface area (TPSA) is 325 Å². The van der Waals surface area contributed by atoms with Gasteiger partial charge < -0.3 is 70.0 Å².